The fourth-order valence-corrected chi connectivity index (χ4v) is 5.26. The molecular weight excluding hydrogens is 355 g/mol. The first kappa shape index (κ1) is 15.4. The predicted molar refractivity (Wildman–Crippen MR) is 83.6 cm³/mol. The number of amides is 2. The summed E-state index contributed by atoms with van der Waals surface area (Å²) >= 11 is 6.05. The van der Waals surface area contributed by atoms with Gasteiger partial charge in [0.25, 0.3) is 0 Å². The van der Waals surface area contributed by atoms with Crippen molar-refractivity contribution >= 4 is 29.1 Å². The van der Waals surface area contributed by atoms with Crippen LogP contribution in [0.4, 0.5) is 18.9 Å². The Morgan fingerprint density at radius 3 is 2.08 bits per heavy atom. The second kappa shape index (κ2) is 4.67. The number of hydrogen-bond acceptors (Lipinski definition) is 2. The summed E-state index contributed by atoms with van der Waals surface area (Å²) in [7, 11) is 0. The maximum absolute atomic E-state index is 13.0. The van der Waals surface area contributed by atoms with E-state index < -0.39 is 35.4 Å². The van der Waals surface area contributed by atoms with Gasteiger partial charge < -0.3 is 0 Å². The summed E-state index contributed by atoms with van der Waals surface area (Å²) in [6, 6.07) is 2.74. The number of allylic oxidation sites excluding steroid dienone is 2. The maximum Gasteiger partial charge on any atom is 0.416 e. The van der Waals surface area contributed by atoms with Crippen molar-refractivity contribution in [3.05, 3.63) is 40.9 Å². The van der Waals surface area contributed by atoms with E-state index in [0.717, 1.165) is 29.5 Å². The zero-order valence-corrected chi connectivity index (χ0v) is 13.6. The smallest absolute Gasteiger partial charge is 0.274 e. The molecule has 3 fully saturated rings. The highest BCUT2D eigenvalue weighted by molar-refractivity contribution is 6.36. The Morgan fingerprint density at radius 1 is 1.00 bits per heavy atom. The van der Waals surface area contributed by atoms with Crippen LogP contribution in [0.1, 0.15) is 12.0 Å². The number of alkyl halides is 3. The van der Waals surface area contributed by atoms with Crippen molar-refractivity contribution in [3.63, 3.8) is 0 Å². The van der Waals surface area contributed by atoms with Gasteiger partial charge in [0.05, 0.1) is 28.1 Å². The van der Waals surface area contributed by atoms with Crippen LogP contribution in [0, 0.1) is 35.5 Å². The molecule has 1 aromatic rings. The molecule has 2 bridgehead atoms. The number of rotatable bonds is 1. The average Bonchev–Trinajstić information content (AvgIpc) is 3.32. The average molecular weight is 368 g/mol. The van der Waals surface area contributed by atoms with Gasteiger partial charge in [-0.3, -0.25) is 9.59 Å². The molecule has 2 saturated carbocycles. The Bertz CT molecular complexity index is 813. The molecule has 5 aliphatic rings. The summed E-state index contributed by atoms with van der Waals surface area (Å²) in [4.78, 5) is 26.8. The monoisotopic (exact) mass is 367 g/mol. The van der Waals surface area contributed by atoms with Gasteiger partial charge in [-0.1, -0.05) is 23.8 Å². The molecule has 0 aromatic heterocycles. The molecule has 4 aliphatic carbocycles. The van der Waals surface area contributed by atoms with Gasteiger partial charge in [-0.2, -0.15) is 13.2 Å². The lowest BCUT2D eigenvalue weighted by atomic mass is 9.63. The minimum Gasteiger partial charge on any atom is -0.274 e. The summed E-state index contributed by atoms with van der Waals surface area (Å²) < 4.78 is 39.1. The summed E-state index contributed by atoms with van der Waals surface area (Å²) in [6.45, 7) is 0. The number of carbonyl (C=O) groups excluding carboxylic acids is 2. The largest absolute Gasteiger partial charge is 0.416 e. The van der Waals surface area contributed by atoms with E-state index in [9.17, 15) is 22.8 Å². The predicted octanol–water partition coefficient (Wildman–Crippen LogP) is 3.92. The zero-order valence-electron chi connectivity index (χ0n) is 12.8. The van der Waals surface area contributed by atoms with Crippen molar-refractivity contribution in [1.82, 2.24) is 0 Å². The first-order chi connectivity index (χ1) is 11.8. The van der Waals surface area contributed by atoms with E-state index in [4.69, 9.17) is 11.6 Å². The highest BCUT2D eigenvalue weighted by Gasteiger charge is 2.67. The number of carbonyl (C=O) groups is 2. The molecule has 1 saturated heterocycles. The van der Waals surface area contributed by atoms with Crippen molar-refractivity contribution in [1.29, 1.82) is 0 Å². The molecule has 25 heavy (non-hydrogen) atoms. The highest BCUT2D eigenvalue weighted by Crippen LogP contribution is 2.65. The summed E-state index contributed by atoms with van der Waals surface area (Å²) in [6.07, 6.45) is 0.491. The third kappa shape index (κ3) is 1.94. The van der Waals surface area contributed by atoms with E-state index in [-0.39, 0.29) is 22.5 Å². The Labute approximate surface area is 146 Å². The third-order valence-electron chi connectivity index (χ3n) is 6.18. The molecule has 3 nitrogen and oxygen atoms in total. The number of hydrogen-bond donors (Lipinski definition) is 0. The molecule has 6 atom stereocenters. The first-order valence-corrected chi connectivity index (χ1v) is 8.59. The number of nitrogens with zero attached hydrogens (tertiary/aromatic N) is 1. The first-order valence-electron chi connectivity index (χ1n) is 8.22. The van der Waals surface area contributed by atoms with E-state index in [1.807, 2.05) is 12.2 Å². The van der Waals surface area contributed by atoms with E-state index in [0.29, 0.717) is 11.8 Å². The summed E-state index contributed by atoms with van der Waals surface area (Å²) in [5.74, 6) is -0.845. The fraction of sp³-hybridized carbons (Fsp3) is 0.444. The zero-order chi connectivity index (χ0) is 17.7. The quantitative estimate of drug-likeness (QED) is 0.557. The number of anilines is 1. The van der Waals surface area contributed by atoms with Crippen LogP contribution < -0.4 is 4.90 Å². The molecule has 0 N–H and O–H groups in total. The molecule has 0 spiro atoms. The number of halogens is 4. The highest BCUT2D eigenvalue weighted by atomic mass is 35.5. The van der Waals surface area contributed by atoms with Crippen LogP contribution in [0.3, 0.4) is 0 Å². The SMILES string of the molecule is O=C1[C@@H]2[C@@H]3C=C[C@@H]([C@@H]4C[C@@H]34)[C@@H]2C(=O)N1c1cc(C(F)(F)F)ccc1Cl. The second-order valence-corrected chi connectivity index (χ2v) is 7.74. The molecule has 1 aliphatic heterocycles. The minimum atomic E-state index is -4.57. The second-order valence-electron chi connectivity index (χ2n) is 7.33. The number of benzene rings is 1. The lowest BCUT2D eigenvalue weighted by Gasteiger charge is -2.37. The minimum absolute atomic E-state index is 0.0195. The van der Waals surface area contributed by atoms with Gasteiger partial charge in [0.15, 0.2) is 0 Å². The van der Waals surface area contributed by atoms with E-state index in [1.54, 1.807) is 0 Å². The Morgan fingerprint density at radius 2 is 1.56 bits per heavy atom. The van der Waals surface area contributed by atoms with Crippen molar-refractivity contribution < 1.29 is 22.8 Å². The van der Waals surface area contributed by atoms with Gasteiger partial charge in [-0.25, -0.2) is 4.90 Å². The molecule has 6 rings (SSSR count). The van der Waals surface area contributed by atoms with Crippen molar-refractivity contribution in [2.24, 2.45) is 35.5 Å². The Balaban J connectivity index is 1.59. The van der Waals surface area contributed by atoms with Gasteiger partial charge in [0, 0.05) is 0 Å². The van der Waals surface area contributed by atoms with Crippen LogP contribution in [0.15, 0.2) is 30.4 Å². The molecule has 1 aromatic carbocycles. The molecule has 7 heteroatoms. The standard InChI is InChI=1S/C18H13ClF3NO2/c19-12-4-1-7(18(20,21)22)5-13(12)23-16(24)14-8-2-3-9(11-6-10(8)11)15(14)17(23)25/h1-5,8-11,14-15H,6H2/t8-,9+,10-,11-,14-,15+/m0/s1. The van der Waals surface area contributed by atoms with E-state index in [2.05, 4.69) is 0 Å². The normalized spacial score (nSPS) is 38.2. The molecule has 1 heterocycles. The molecule has 2 amide bonds. The van der Waals surface area contributed by atoms with Crippen LogP contribution in [0.2, 0.25) is 5.02 Å². The topological polar surface area (TPSA) is 37.4 Å². The van der Waals surface area contributed by atoms with Gasteiger partial charge in [0.2, 0.25) is 11.8 Å². The van der Waals surface area contributed by atoms with Crippen molar-refractivity contribution in [2.75, 3.05) is 4.90 Å². The molecule has 0 radical (unpaired) electrons. The fourth-order valence-electron chi connectivity index (χ4n) is 5.05. The Kier molecular flexibility index (Phi) is 2.88. The summed E-state index contributed by atoms with van der Waals surface area (Å²) in [5, 5.41) is -0.0289. The van der Waals surface area contributed by atoms with Crippen LogP contribution in [-0.4, -0.2) is 11.8 Å². The van der Waals surface area contributed by atoms with Crippen LogP contribution >= 0.6 is 11.6 Å². The lowest BCUT2D eigenvalue weighted by molar-refractivity contribution is -0.137. The van der Waals surface area contributed by atoms with E-state index >= 15 is 0 Å². The molecular formula is C18H13ClF3NO2. The van der Waals surface area contributed by atoms with Crippen LogP contribution in [0.5, 0.6) is 0 Å². The van der Waals surface area contributed by atoms with Gasteiger partial charge in [0.1, 0.15) is 0 Å². The van der Waals surface area contributed by atoms with E-state index in [1.165, 1.54) is 0 Å². The van der Waals surface area contributed by atoms with Crippen LogP contribution in [-0.2, 0) is 15.8 Å². The summed E-state index contributed by atoms with van der Waals surface area (Å²) in [5.41, 5.74) is -1.08. The molecule has 130 valence electrons. The molecule has 0 unspecified atom stereocenters. The van der Waals surface area contributed by atoms with Gasteiger partial charge >= 0.3 is 6.18 Å². The van der Waals surface area contributed by atoms with Crippen molar-refractivity contribution in [2.45, 2.75) is 12.6 Å². The lowest BCUT2D eigenvalue weighted by Crippen LogP contribution is -2.40. The number of imide groups is 1. The van der Waals surface area contributed by atoms with Crippen molar-refractivity contribution in [3.8, 4) is 0 Å². The van der Waals surface area contributed by atoms with Gasteiger partial charge in [-0.05, 0) is 48.3 Å². The van der Waals surface area contributed by atoms with Crippen LogP contribution in [0.25, 0.3) is 0 Å². The van der Waals surface area contributed by atoms with Gasteiger partial charge in [-0.15, -0.1) is 0 Å². The maximum atomic E-state index is 13.0. The third-order valence-corrected chi connectivity index (χ3v) is 6.50. The Hall–Kier alpha value is -1.82.